The predicted molar refractivity (Wildman–Crippen MR) is 111 cm³/mol. The Morgan fingerprint density at radius 2 is 1.17 bits per heavy atom. The first-order valence-corrected chi connectivity index (χ1v) is 11.0. The van der Waals surface area contributed by atoms with E-state index in [0.717, 1.165) is 37.5 Å². The minimum Gasteiger partial charge on any atom is -0.474 e. The first kappa shape index (κ1) is 16.2. The molecule has 2 heterocycles. The molecule has 4 heteroatoms. The van der Waals surface area contributed by atoms with Crippen molar-refractivity contribution in [3.63, 3.8) is 0 Å². The summed E-state index contributed by atoms with van der Waals surface area (Å²) in [5, 5.41) is 0. The Labute approximate surface area is 170 Å². The Morgan fingerprint density at radius 3 is 1.69 bits per heavy atom. The highest BCUT2D eigenvalue weighted by molar-refractivity contribution is 6.07. The number of aliphatic imine (C=N–C) groups is 2. The van der Waals surface area contributed by atoms with Gasteiger partial charge in [0, 0.05) is 12.8 Å². The van der Waals surface area contributed by atoms with Gasteiger partial charge in [0.25, 0.3) is 0 Å². The highest BCUT2D eigenvalue weighted by Gasteiger charge is 2.55. The lowest BCUT2D eigenvalue weighted by Gasteiger charge is -2.29. The number of rotatable bonds is 2. The highest BCUT2D eigenvalue weighted by Crippen LogP contribution is 2.52. The number of fused-ring (bicyclic) bond motifs is 6. The Balaban J connectivity index is 1.27. The third-order valence-electron chi connectivity index (χ3n) is 7.61. The molecule has 7 rings (SSSR count). The van der Waals surface area contributed by atoms with Gasteiger partial charge in [-0.25, -0.2) is 9.98 Å². The van der Waals surface area contributed by atoms with Gasteiger partial charge in [0.1, 0.15) is 29.7 Å². The molecule has 0 bridgehead atoms. The van der Waals surface area contributed by atoms with E-state index in [1.165, 1.54) is 35.1 Å². The SMILES string of the molecule is c1ccc2c(c1)C[C@@H]1OC(C3(C4=N[C@@H]5c6ccccc6C[C@@H]5O4)CCCC3)=NC21. The Hall–Kier alpha value is -2.62. The van der Waals surface area contributed by atoms with E-state index in [4.69, 9.17) is 19.5 Å². The van der Waals surface area contributed by atoms with Gasteiger partial charge in [-0.3, -0.25) is 0 Å². The Kier molecular flexibility index (Phi) is 3.19. The standard InChI is InChI=1S/C25H24N2O2/c1-3-9-17-15(7-1)13-19-21(17)26-23(28-19)25(11-5-6-12-25)24-27-22-18-10-4-2-8-16(18)14-20(22)29-24/h1-4,7-10,19-22H,5-6,11-14H2/t19-,20-,21+,22?/m0/s1. The number of hydrogen-bond donors (Lipinski definition) is 0. The summed E-state index contributed by atoms with van der Waals surface area (Å²) in [6, 6.07) is 17.6. The minimum atomic E-state index is -0.251. The molecule has 0 amide bonds. The molecule has 3 aliphatic carbocycles. The van der Waals surface area contributed by atoms with Crippen molar-refractivity contribution in [1.82, 2.24) is 0 Å². The van der Waals surface area contributed by atoms with Crippen molar-refractivity contribution in [3.05, 3.63) is 70.8 Å². The maximum absolute atomic E-state index is 6.55. The van der Waals surface area contributed by atoms with Gasteiger partial charge in [0.2, 0.25) is 0 Å². The van der Waals surface area contributed by atoms with Gasteiger partial charge in [0.05, 0.1) is 0 Å². The van der Waals surface area contributed by atoms with Crippen LogP contribution in [0.4, 0.5) is 0 Å². The van der Waals surface area contributed by atoms with Crippen molar-refractivity contribution in [2.45, 2.75) is 62.8 Å². The summed E-state index contributed by atoms with van der Waals surface area (Å²) in [5.41, 5.74) is 5.18. The van der Waals surface area contributed by atoms with E-state index >= 15 is 0 Å². The average molecular weight is 384 g/mol. The van der Waals surface area contributed by atoms with Crippen LogP contribution < -0.4 is 0 Å². The number of hydrogen-bond acceptors (Lipinski definition) is 4. The van der Waals surface area contributed by atoms with E-state index in [0.29, 0.717) is 0 Å². The molecule has 1 fully saturated rings. The van der Waals surface area contributed by atoms with Crippen molar-refractivity contribution >= 4 is 11.8 Å². The number of nitrogens with zero attached hydrogens (tertiary/aromatic N) is 2. The van der Waals surface area contributed by atoms with Gasteiger partial charge in [0.15, 0.2) is 11.8 Å². The molecule has 4 atom stereocenters. The van der Waals surface area contributed by atoms with Crippen LogP contribution in [-0.2, 0) is 22.3 Å². The van der Waals surface area contributed by atoms with Crippen molar-refractivity contribution in [3.8, 4) is 0 Å². The van der Waals surface area contributed by atoms with E-state index in [1.54, 1.807) is 0 Å². The first-order chi connectivity index (χ1) is 14.3. The van der Waals surface area contributed by atoms with Crippen molar-refractivity contribution < 1.29 is 9.47 Å². The van der Waals surface area contributed by atoms with Crippen molar-refractivity contribution in [2.75, 3.05) is 0 Å². The molecule has 2 aromatic carbocycles. The van der Waals surface area contributed by atoms with Gasteiger partial charge in [-0.1, -0.05) is 61.4 Å². The molecule has 1 unspecified atom stereocenters. The third-order valence-corrected chi connectivity index (χ3v) is 7.61. The molecule has 5 aliphatic rings. The molecule has 0 radical (unpaired) electrons. The summed E-state index contributed by atoms with van der Waals surface area (Å²) in [6.45, 7) is 0. The molecule has 4 nitrogen and oxygen atoms in total. The summed E-state index contributed by atoms with van der Waals surface area (Å²) in [5.74, 6) is 1.79. The topological polar surface area (TPSA) is 43.2 Å². The summed E-state index contributed by atoms with van der Waals surface area (Å²) in [6.07, 6.45) is 6.63. The van der Waals surface area contributed by atoms with E-state index in [9.17, 15) is 0 Å². The van der Waals surface area contributed by atoms with Gasteiger partial charge < -0.3 is 9.47 Å². The summed E-state index contributed by atoms with van der Waals surface area (Å²) in [7, 11) is 0. The van der Waals surface area contributed by atoms with E-state index in [1.807, 2.05) is 0 Å². The molecule has 0 spiro atoms. The summed E-state index contributed by atoms with van der Waals surface area (Å²) in [4.78, 5) is 10.3. The molecule has 0 N–H and O–H groups in total. The van der Waals surface area contributed by atoms with Crippen LogP contribution in [0.5, 0.6) is 0 Å². The monoisotopic (exact) mass is 384 g/mol. The molecule has 0 aromatic heterocycles. The maximum atomic E-state index is 6.55. The molecule has 2 aromatic rings. The van der Waals surface area contributed by atoms with Gasteiger partial charge in [-0.15, -0.1) is 0 Å². The lowest BCUT2D eigenvalue weighted by molar-refractivity contribution is 0.164. The van der Waals surface area contributed by atoms with Crippen LogP contribution >= 0.6 is 0 Å². The maximum Gasteiger partial charge on any atom is 0.200 e. The molecular formula is C25H24N2O2. The summed E-state index contributed by atoms with van der Waals surface area (Å²) >= 11 is 0. The minimum absolute atomic E-state index is 0.140. The molecule has 2 aliphatic heterocycles. The fourth-order valence-electron chi connectivity index (χ4n) is 6.16. The van der Waals surface area contributed by atoms with Gasteiger partial charge in [-0.2, -0.15) is 0 Å². The smallest absolute Gasteiger partial charge is 0.200 e. The fourth-order valence-corrected chi connectivity index (χ4v) is 6.16. The summed E-state index contributed by atoms with van der Waals surface area (Å²) < 4.78 is 13.1. The van der Waals surface area contributed by atoms with Crippen LogP contribution in [0.1, 0.15) is 60.0 Å². The molecule has 0 saturated heterocycles. The molecular weight excluding hydrogens is 360 g/mol. The van der Waals surface area contributed by atoms with Crippen LogP contribution in [0, 0.1) is 5.41 Å². The van der Waals surface area contributed by atoms with Crippen LogP contribution in [0.3, 0.4) is 0 Å². The van der Waals surface area contributed by atoms with Crippen molar-refractivity contribution in [1.29, 1.82) is 0 Å². The Bertz CT molecular complexity index is 986. The van der Waals surface area contributed by atoms with Crippen molar-refractivity contribution in [2.24, 2.45) is 15.4 Å². The average Bonchev–Trinajstić information content (AvgIpc) is 3.51. The van der Waals surface area contributed by atoms with E-state index < -0.39 is 0 Å². The lowest BCUT2D eigenvalue weighted by atomic mass is 9.85. The third kappa shape index (κ3) is 2.15. The van der Waals surface area contributed by atoms with Crippen LogP contribution in [-0.4, -0.2) is 24.0 Å². The van der Waals surface area contributed by atoms with Crippen LogP contribution in [0.25, 0.3) is 0 Å². The molecule has 29 heavy (non-hydrogen) atoms. The largest absolute Gasteiger partial charge is 0.474 e. The predicted octanol–water partition coefficient (Wildman–Crippen LogP) is 4.74. The number of ether oxygens (including phenoxy) is 2. The van der Waals surface area contributed by atoms with E-state index in [2.05, 4.69) is 48.5 Å². The zero-order valence-corrected chi connectivity index (χ0v) is 16.4. The first-order valence-electron chi connectivity index (χ1n) is 11.0. The van der Waals surface area contributed by atoms with Crippen LogP contribution in [0.15, 0.2) is 58.5 Å². The second-order valence-corrected chi connectivity index (χ2v) is 9.17. The fraction of sp³-hybridized carbons (Fsp3) is 0.440. The normalized spacial score (nSPS) is 32.6. The van der Waals surface area contributed by atoms with Gasteiger partial charge in [-0.05, 0) is 35.1 Å². The van der Waals surface area contributed by atoms with E-state index in [-0.39, 0.29) is 29.7 Å². The second-order valence-electron chi connectivity index (χ2n) is 9.17. The zero-order valence-electron chi connectivity index (χ0n) is 16.4. The molecule has 1 saturated carbocycles. The quantitative estimate of drug-likeness (QED) is 0.751. The molecule has 146 valence electrons. The highest BCUT2D eigenvalue weighted by atomic mass is 16.5. The van der Waals surface area contributed by atoms with Crippen LogP contribution in [0.2, 0.25) is 0 Å². The van der Waals surface area contributed by atoms with Gasteiger partial charge >= 0.3 is 0 Å². The second kappa shape index (κ2) is 5.71. The zero-order chi connectivity index (χ0) is 19.0. The Morgan fingerprint density at radius 1 is 0.690 bits per heavy atom. The lowest BCUT2D eigenvalue weighted by Crippen LogP contribution is -2.39. The number of benzene rings is 2.